The van der Waals surface area contributed by atoms with Crippen LogP contribution in [0.15, 0.2) is 91.1 Å². The molecular formula is C29H22F3N5O. The van der Waals surface area contributed by atoms with Crippen LogP contribution < -0.4 is 5.32 Å². The third-order valence-corrected chi connectivity index (χ3v) is 6.68. The van der Waals surface area contributed by atoms with Crippen molar-refractivity contribution in [2.24, 2.45) is 0 Å². The molecule has 0 fully saturated rings. The molecule has 1 aliphatic heterocycles. The Balaban J connectivity index is 1.54. The number of fused-ring (bicyclic) bond motifs is 3. The number of anilines is 1. The molecule has 9 heteroatoms. The SMILES string of the molecule is Cc1nn(-c2ccccc2)c2c1CN(C(=O)Nc1cc(F)ccc1F)[C@H](c1cccc(F)c1)c1cccn1-2. The van der Waals surface area contributed by atoms with Crippen LogP contribution in [-0.4, -0.2) is 25.3 Å². The first-order chi connectivity index (χ1) is 18.4. The smallest absolute Gasteiger partial charge is 0.307 e. The van der Waals surface area contributed by atoms with E-state index < -0.39 is 29.5 Å². The van der Waals surface area contributed by atoms with E-state index in [0.29, 0.717) is 17.0 Å². The maximum atomic E-state index is 14.5. The van der Waals surface area contributed by atoms with Crippen LogP contribution in [0.4, 0.5) is 23.7 Å². The average Bonchev–Trinajstić information content (AvgIpc) is 3.47. The summed E-state index contributed by atoms with van der Waals surface area (Å²) in [6.45, 7) is 1.94. The van der Waals surface area contributed by atoms with Crippen molar-refractivity contribution in [1.29, 1.82) is 0 Å². The second-order valence-corrected chi connectivity index (χ2v) is 9.08. The first kappa shape index (κ1) is 23.6. The van der Waals surface area contributed by atoms with Crippen LogP contribution >= 0.6 is 0 Å². The maximum Gasteiger partial charge on any atom is 0.323 e. The van der Waals surface area contributed by atoms with Crippen molar-refractivity contribution in [3.63, 3.8) is 0 Å². The second kappa shape index (κ2) is 9.26. The van der Waals surface area contributed by atoms with E-state index in [1.54, 1.807) is 12.1 Å². The minimum Gasteiger partial charge on any atom is -0.307 e. The molecule has 0 aliphatic carbocycles. The Kier molecular flexibility index (Phi) is 5.75. The summed E-state index contributed by atoms with van der Waals surface area (Å²) >= 11 is 0. The number of nitrogens with one attached hydrogen (secondary N) is 1. The summed E-state index contributed by atoms with van der Waals surface area (Å²) in [6, 6.07) is 20.8. The molecular weight excluding hydrogens is 491 g/mol. The van der Waals surface area contributed by atoms with Gasteiger partial charge in [0.25, 0.3) is 0 Å². The van der Waals surface area contributed by atoms with Crippen LogP contribution in [0.1, 0.15) is 28.6 Å². The largest absolute Gasteiger partial charge is 0.323 e. The van der Waals surface area contributed by atoms with Crippen LogP contribution in [-0.2, 0) is 6.54 Å². The maximum absolute atomic E-state index is 14.5. The number of halogens is 3. The number of amides is 2. The standard InChI is InChI=1S/C29H22F3N5O/c1-18-23-17-36(29(38)33-25-16-21(31)12-13-24(25)32)27(19-7-5-8-20(30)15-19)26-11-6-14-35(26)28(23)37(34-18)22-9-3-2-4-10-22/h2-16,27H,17H2,1H3,(H,33,38)/t27-/m1/s1. The van der Waals surface area contributed by atoms with Gasteiger partial charge in [-0.15, -0.1) is 0 Å². The van der Waals surface area contributed by atoms with Gasteiger partial charge in [-0.25, -0.2) is 22.6 Å². The van der Waals surface area contributed by atoms with Gasteiger partial charge in [0.2, 0.25) is 0 Å². The van der Waals surface area contributed by atoms with Crippen LogP contribution in [0.25, 0.3) is 11.5 Å². The van der Waals surface area contributed by atoms with Crippen LogP contribution in [0.2, 0.25) is 0 Å². The molecule has 190 valence electrons. The average molecular weight is 514 g/mol. The Morgan fingerprint density at radius 2 is 1.71 bits per heavy atom. The predicted molar refractivity (Wildman–Crippen MR) is 137 cm³/mol. The number of para-hydroxylation sites is 1. The Bertz CT molecular complexity index is 1660. The van der Waals surface area contributed by atoms with E-state index >= 15 is 0 Å². The molecule has 0 bridgehead atoms. The number of benzene rings is 3. The van der Waals surface area contributed by atoms with Gasteiger partial charge in [0.1, 0.15) is 23.3 Å². The molecule has 3 heterocycles. The van der Waals surface area contributed by atoms with Crippen molar-refractivity contribution in [2.75, 3.05) is 5.32 Å². The van der Waals surface area contributed by atoms with Gasteiger partial charge in [0, 0.05) is 17.8 Å². The topological polar surface area (TPSA) is 55.1 Å². The second-order valence-electron chi connectivity index (χ2n) is 9.08. The summed E-state index contributed by atoms with van der Waals surface area (Å²) in [6.07, 6.45) is 1.87. The summed E-state index contributed by atoms with van der Waals surface area (Å²) in [5.74, 6) is -1.17. The van der Waals surface area contributed by atoms with Crippen molar-refractivity contribution in [3.8, 4) is 11.5 Å². The molecule has 5 aromatic rings. The molecule has 0 saturated carbocycles. The highest BCUT2D eigenvalue weighted by Crippen LogP contribution is 2.39. The van der Waals surface area contributed by atoms with Crippen molar-refractivity contribution in [2.45, 2.75) is 19.5 Å². The number of carbonyl (C=O) groups excluding carboxylic acids is 1. The number of aryl methyl sites for hydroxylation is 1. The number of rotatable bonds is 3. The number of nitrogens with zero attached hydrogens (tertiary/aromatic N) is 4. The predicted octanol–water partition coefficient (Wildman–Crippen LogP) is 6.53. The molecule has 0 spiro atoms. The molecule has 2 amide bonds. The van der Waals surface area contributed by atoms with Gasteiger partial charge in [-0.2, -0.15) is 5.10 Å². The van der Waals surface area contributed by atoms with Crippen molar-refractivity contribution < 1.29 is 18.0 Å². The molecule has 2 aromatic heterocycles. The Morgan fingerprint density at radius 3 is 2.50 bits per heavy atom. The first-order valence-electron chi connectivity index (χ1n) is 12.0. The minimum atomic E-state index is -0.769. The summed E-state index contributed by atoms with van der Waals surface area (Å²) < 4.78 is 46.5. The quantitative estimate of drug-likeness (QED) is 0.298. The lowest BCUT2D eigenvalue weighted by molar-refractivity contribution is 0.194. The van der Waals surface area contributed by atoms with Gasteiger partial charge in [0.05, 0.1) is 35.3 Å². The van der Waals surface area contributed by atoms with Crippen LogP contribution in [0, 0.1) is 24.4 Å². The molecule has 1 N–H and O–H groups in total. The molecule has 1 atom stereocenters. The third kappa shape index (κ3) is 4.02. The molecule has 0 saturated heterocycles. The van der Waals surface area contributed by atoms with Crippen molar-refractivity contribution in [3.05, 3.63) is 131 Å². The van der Waals surface area contributed by atoms with E-state index in [0.717, 1.165) is 35.3 Å². The lowest BCUT2D eigenvalue weighted by atomic mass is 10.0. The number of aromatic nitrogens is 3. The fraction of sp³-hybridized carbons (Fsp3) is 0.103. The van der Waals surface area contributed by atoms with Gasteiger partial charge in [0.15, 0.2) is 0 Å². The minimum absolute atomic E-state index is 0.0830. The number of hydrogen-bond donors (Lipinski definition) is 1. The van der Waals surface area contributed by atoms with Gasteiger partial charge in [-0.1, -0.05) is 30.3 Å². The van der Waals surface area contributed by atoms with Gasteiger partial charge in [-0.05, 0) is 61.0 Å². The summed E-state index contributed by atoms with van der Waals surface area (Å²) in [7, 11) is 0. The van der Waals surface area contributed by atoms with Crippen molar-refractivity contribution >= 4 is 11.7 Å². The molecule has 0 unspecified atom stereocenters. The van der Waals surface area contributed by atoms with E-state index in [4.69, 9.17) is 5.10 Å². The Hall–Kier alpha value is -4.79. The zero-order valence-corrected chi connectivity index (χ0v) is 20.3. The molecule has 1 aliphatic rings. The van der Waals surface area contributed by atoms with Crippen molar-refractivity contribution in [1.82, 2.24) is 19.2 Å². The first-order valence-corrected chi connectivity index (χ1v) is 12.0. The third-order valence-electron chi connectivity index (χ3n) is 6.68. The van der Waals surface area contributed by atoms with Crippen LogP contribution in [0.5, 0.6) is 0 Å². The summed E-state index contributed by atoms with van der Waals surface area (Å²) in [5.41, 5.74) is 3.21. The Labute approximate surface area is 216 Å². The highest BCUT2D eigenvalue weighted by atomic mass is 19.1. The monoisotopic (exact) mass is 513 g/mol. The molecule has 0 radical (unpaired) electrons. The van der Waals surface area contributed by atoms with E-state index in [9.17, 15) is 18.0 Å². The van der Waals surface area contributed by atoms with E-state index in [1.807, 2.05) is 64.8 Å². The molecule has 3 aromatic carbocycles. The fourth-order valence-electron chi connectivity index (χ4n) is 4.96. The van der Waals surface area contributed by atoms with Gasteiger partial charge in [-0.3, -0.25) is 0 Å². The fourth-order valence-corrected chi connectivity index (χ4v) is 4.96. The highest BCUT2D eigenvalue weighted by molar-refractivity contribution is 5.90. The van der Waals surface area contributed by atoms with Gasteiger partial charge < -0.3 is 14.8 Å². The summed E-state index contributed by atoms with van der Waals surface area (Å²) in [4.78, 5) is 15.3. The number of urea groups is 1. The lowest BCUT2D eigenvalue weighted by Crippen LogP contribution is -2.38. The van der Waals surface area contributed by atoms with E-state index in [2.05, 4.69) is 5.32 Å². The lowest BCUT2D eigenvalue weighted by Gasteiger charge is -2.31. The summed E-state index contributed by atoms with van der Waals surface area (Å²) in [5, 5.41) is 7.28. The molecule has 6 nitrogen and oxygen atoms in total. The molecule has 6 rings (SSSR count). The molecule has 38 heavy (non-hydrogen) atoms. The van der Waals surface area contributed by atoms with Gasteiger partial charge >= 0.3 is 6.03 Å². The van der Waals surface area contributed by atoms with Crippen LogP contribution in [0.3, 0.4) is 0 Å². The number of carbonyl (C=O) groups is 1. The normalized spacial score (nSPS) is 14.5. The Morgan fingerprint density at radius 1 is 0.921 bits per heavy atom. The zero-order chi connectivity index (χ0) is 26.4. The van der Waals surface area contributed by atoms with E-state index in [-0.39, 0.29) is 12.2 Å². The highest BCUT2D eigenvalue weighted by Gasteiger charge is 2.36. The zero-order valence-electron chi connectivity index (χ0n) is 20.3. The number of hydrogen-bond acceptors (Lipinski definition) is 2. The van der Waals surface area contributed by atoms with E-state index in [1.165, 1.54) is 17.0 Å².